The van der Waals surface area contributed by atoms with Gasteiger partial charge >= 0.3 is 0 Å². The predicted molar refractivity (Wildman–Crippen MR) is 85.8 cm³/mol. The van der Waals surface area contributed by atoms with Crippen LogP contribution in [0.1, 0.15) is 28.8 Å². The average Bonchev–Trinajstić information content (AvgIpc) is 3.27. The number of para-hydroxylation sites is 1. The molecule has 1 aliphatic rings. The second-order valence-corrected chi connectivity index (χ2v) is 5.49. The fourth-order valence-electron chi connectivity index (χ4n) is 2.17. The van der Waals surface area contributed by atoms with Gasteiger partial charge in [0.2, 0.25) is 0 Å². The first-order chi connectivity index (χ1) is 10.1. The Morgan fingerprint density at radius 1 is 1.14 bits per heavy atom. The van der Waals surface area contributed by atoms with Crippen LogP contribution in [0.5, 0.6) is 0 Å². The number of hydrogen-bond donors (Lipinski definition) is 3. The van der Waals surface area contributed by atoms with Crippen molar-refractivity contribution < 1.29 is 4.79 Å². The molecule has 0 saturated heterocycles. The zero-order valence-electron chi connectivity index (χ0n) is 12.0. The highest BCUT2D eigenvalue weighted by molar-refractivity contribution is 5.96. The molecule has 4 heteroatoms. The number of amides is 1. The van der Waals surface area contributed by atoms with Gasteiger partial charge in [-0.15, -0.1) is 0 Å². The lowest BCUT2D eigenvalue weighted by Gasteiger charge is -2.13. The molecule has 2 aromatic rings. The maximum atomic E-state index is 12.0. The smallest absolute Gasteiger partial charge is 0.251 e. The van der Waals surface area contributed by atoms with Gasteiger partial charge in [-0.1, -0.05) is 18.2 Å². The first kappa shape index (κ1) is 13.5. The summed E-state index contributed by atoms with van der Waals surface area (Å²) in [7, 11) is 0. The lowest BCUT2D eigenvalue weighted by molar-refractivity contribution is 0.0951. The third-order valence-electron chi connectivity index (χ3n) is 3.64. The van der Waals surface area contributed by atoms with E-state index in [1.54, 1.807) is 12.1 Å². The van der Waals surface area contributed by atoms with Crippen LogP contribution in [-0.2, 0) is 0 Å². The molecule has 0 aliphatic heterocycles. The monoisotopic (exact) mass is 281 g/mol. The Bertz CT molecular complexity index is 677. The molecule has 1 fully saturated rings. The van der Waals surface area contributed by atoms with E-state index in [2.05, 4.69) is 10.6 Å². The summed E-state index contributed by atoms with van der Waals surface area (Å²) in [6.07, 6.45) is 2.16. The van der Waals surface area contributed by atoms with Gasteiger partial charge < -0.3 is 16.4 Å². The van der Waals surface area contributed by atoms with E-state index >= 15 is 0 Å². The number of nitrogen functional groups attached to an aromatic ring is 1. The molecule has 4 nitrogen and oxygen atoms in total. The molecule has 0 atom stereocenters. The van der Waals surface area contributed by atoms with E-state index in [0.29, 0.717) is 17.3 Å². The molecule has 108 valence electrons. The van der Waals surface area contributed by atoms with Crippen LogP contribution in [0.15, 0.2) is 42.5 Å². The largest absolute Gasteiger partial charge is 0.397 e. The maximum absolute atomic E-state index is 12.0. The van der Waals surface area contributed by atoms with Crippen molar-refractivity contribution in [2.75, 3.05) is 11.1 Å². The van der Waals surface area contributed by atoms with Crippen molar-refractivity contribution in [3.63, 3.8) is 0 Å². The van der Waals surface area contributed by atoms with Crippen LogP contribution in [-0.4, -0.2) is 11.9 Å². The normalized spacial score (nSPS) is 13.8. The maximum Gasteiger partial charge on any atom is 0.251 e. The van der Waals surface area contributed by atoms with Crippen LogP contribution in [0.4, 0.5) is 17.1 Å². The molecule has 0 aromatic heterocycles. The van der Waals surface area contributed by atoms with Crippen LogP contribution in [0, 0.1) is 6.92 Å². The minimum absolute atomic E-state index is 0.0494. The van der Waals surface area contributed by atoms with E-state index < -0.39 is 0 Å². The molecule has 0 spiro atoms. The van der Waals surface area contributed by atoms with E-state index in [1.165, 1.54) is 0 Å². The summed E-state index contributed by atoms with van der Waals surface area (Å²) >= 11 is 0. The second-order valence-electron chi connectivity index (χ2n) is 5.49. The van der Waals surface area contributed by atoms with Gasteiger partial charge in [0.15, 0.2) is 0 Å². The van der Waals surface area contributed by atoms with Crippen molar-refractivity contribution in [1.82, 2.24) is 5.32 Å². The molecule has 4 N–H and O–H groups in total. The molecule has 2 aromatic carbocycles. The number of carbonyl (C=O) groups is 1. The zero-order valence-corrected chi connectivity index (χ0v) is 12.0. The van der Waals surface area contributed by atoms with Gasteiger partial charge in [0.25, 0.3) is 5.91 Å². The summed E-state index contributed by atoms with van der Waals surface area (Å²) in [5.41, 5.74) is 10.2. The van der Waals surface area contributed by atoms with E-state index in [0.717, 1.165) is 29.8 Å². The summed E-state index contributed by atoms with van der Waals surface area (Å²) in [4.78, 5) is 12.0. The molecule has 0 radical (unpaired) electrons. The number of nitrogens with one attached hydrogen (secondary N) is 2. The summed E-state index contributed by atoms with van der Waals surface area (Å²) < 4.78 is 0. The standard InChI is InChI=1S/C17H19N3O/c1-11-4-2-3-5-15(11)20-16-9-6-12(10-14(16)18)17(21)19-13-7-8-13/h2-6,9-10,13,20H,7-8,18H2,1H3,(H,19,21). The molecule has 21 heavy (non-hydrogen) atoms. The summed E-state index contributed by atoms with van der Waals surface area (Å²) in [5, 5.41) is 6.26. The van der Waals surface area contributed by atoms with E-state index in [1.807, 2.05) is 37.3 Å². The summed E-state index contributed by atoms with van der Waals surface area (Å²) in [6, 6.07) is 13.7. The number of anilines is 3. The molecular formula is C17H19N3O. The lowest BCUT2D eigenvalue weighted by atomic mass is 10.1. The first-order valence-electron chi connectivity index (χ1n) is 7.16. The lowest BCUT2D eigenvalue weighted by Crippen LogP contribution is -2.25. The summed E-state index contributed by atoms with van der Waals surface area (Å²) in [6.45, 7) is 2.04. The number of rotatable bonds is 4. The van der Waals surface area contributed by atoms with Crippen molar-refractivity contribution in [2.45, 2.75) is 25.8 Å². The number of hydrogen-bond acceptors (Lipinski definition) is 3. The third-order valence-corrected chi connectivity index (χ3v) is 3.64. The molecule has 0 bridgehead atoms. The minimum Gasteiger partial charge on any atom is -0.397 e. The molecule has 1 amide bonds. The predicted octanol–water partition coefficient (Wildman–Crippen LogP) is 3.21. The number of aryl methyl sites for hydroxylation is 1. The van der Waals surface area contributed by atoms with Crippen molar-refractivity contribution in [2.24, 2.45) is 0 Å². The highest BCUT2D eigenvalue weighted by Gasteiger charge is 2.23. The van der Waals surface area contributed by atoms with E-state index in [9.17, 15) is 4.79 Å². The van der Waals surface area contributed by atoms with E-state index in [-0.39, 0.29) is 5.91 Å². The Balaban J connectivity index is 1.77. The summed E-state index contributed by atoms with van der Waals surface area (Å²) in [5.74, 6) is -0.0494. The Hall–Kier alpha value is -2.49. The van der Waals surface area contributed by atoms with Gasteiger partial charge in [-0.2, -0.15) is 0 Å². The van der Waals surface area contributed by atoms with Crippen LogP contribution in [0.2, 0.25) is 0 Å². The second kappa shape index (κ2) is 5.48. The van der Waals surface area contributed by atoms with Crippen LogP contribution in [0.3, 0.4) is 0 Å². The van der Waals surface area contributed by atoms with Gasteiger partial charge in [0, 0.05) is 17.3 Å². The molecule has 3 rings (SSSR count). The number of benzene rings is 2. The minimum atomic E-state index is -0.0494. The average molecular weight is 281 g/mol. The fourth-order valence-corrected chi connectivity index (χ4v) is 2.17. The first-order valence-corrected chi connectivity index (χ1v) is 7.16. The van der Waals surface area contributed by atoms with Crippen molar-refractivity contribution in [1.29, 1.82) is 0 Å². The Kier molecular flexibility index (Phi) is 3.52. The Labute approximate surface area is 124 Å². The van der Waals surface area contributed by atoms with Gasteiger partial charge in [0.1, 0.15) is 0 Å². The van der Waals surface area contributed by atoms with Crippen molar-refractivity contribution in [3.05, 3.63) is 53.6 Å². The zero-order chi connectivity index (χ0) is 14.8. The van der Waals surface area contributed by atoms with Crippen LogP contribution in [0.25, 0.3) is 0 Å². The number of carbonyl (C=O) groups excluding carboxylic acids is 1. The third kappa shape index (κ3) is 3.16. The molecule has 1 aliphatic carbocycles. The van der Waals surface area contributed by atoms with Gasteiger partial charge in [0.05, 0.1) is 11.4 Å². The van der Waals surface area contributed by atoms with Gasteiger partial charge in [-0.05, 0) is 49.6 Å². The quantitative estimate of drug-likeness (QED) is 0.754. The molecule has 0 unspecified atom stereocenters. The Morgan fingerprint density at radius 2 is 1.90 bits per heavy atom. The fraction of sp³-hybridized carbons (Fsp3) is 0.235. The van der Waals surface area contributed by atoms with Gasteiger partial charge in [-0.3, -0.25) is 4.79 Å². The topological polar surface area (TPSA) is 67.2 Å². The highest BCUT2D eigenvalue weighted by Crippen LogP contribution is 2.26. The van der Waals surface area contributed by atoms with Crippen LogP contribution < -0.4 is 16.4 Å². The van der Waals surface area contributed by atoms with Crippen LogP contribution >= 0.6 is 0 Å². The SMILES string of the molecule is Cc1ccccc1Nc1ccc(C(=O)NC2CC2)cc1N. The van der Waals surface area contributed by atoms with Gasteiger partial charge in [-0.25, -0.2) is 0 Å². The molecular weight excluding hydrogens is 262 g/mol. The molecule has 1 saturated carbocycles. The number of nitrogens with two attached hydrogens (primary N) is 1. The van der Waals surface area contributed by atoms with Crippen molar-refractivity contribution >= 4 is 23.0 Å². The van der Waals surface area contributed by atoms with E-state index in [4.69, 9.17) is 5.73 Å². The van der Waals surface area contributed by atoms with Crippen molar-refractivity contribution in [3.8, 4) is 0 Å². The molecule has 0 heterocycles. The highest BCUT2D eigenvalue weighted by atomic mass is 16.1. The Morgan fingerprint density at radius 3 is 2.57 bits per heavy atom.